The van der Waals surface area contributed by atoms with Crippen LogP contribution in [0.3, 0.4) is 0 Å². The highest BCUT2D eigenvalue weighted by Gasteiger charge is 2.26. The van der Waals surface area contributed by atoms with E-state index in [2.05, 4.69) is 0 Å². The van der Waals surface area contributed by atoms with Gasteiger partial charge in [0.25, 0.3) is 11.7 Å². The van der Waals surface area contributed by atoms with Crippen LogP contribution in [0.5, 0.6) is 11.5 Å². The topological polar surface area (TPSA) is 55.8 Å². The molecule has 2 aliphatic heterocycles. The van der Waals surface area contributed by atoms with Gasteiger partial charge < -0.3 is 14.4 Å². The number of likely N-dealkylation sites (tertiary alicyclic amines) is 1. The van der Waals surface area contributed by atoms with E-state index in [1.54, 1.807) is 23.1 Å². The summed E-state index contributed by atoms with van der Waals surface area (Å²) in [5.41, 5.74) is 0.362. The van der Waals surface area contributed by atoms with Crippen molar-refractivity contribution >= 4 is 11.7 Å². The minimum absolute atomic E-state index is 0.362. The molecule has 19 heavy (non-hydrogen) atoms. The summed E-state index contributed by atoms with van der Waals surface area (Å²) in [7, 11) is 0. The molecule has 1 aromatic rings. The molecule has 5 heteroatoms. The van der Waals surface area contributed by atoms with Crippen molar-refractivity contribution in [2.24, 2.45) is 0 Å². The number of ketones is 1. The third-order valence-corrected chi connectivity index (χ3v) is 3.39. The van der Waals surface area contributed by atoms with E-state index < -0.39 is 11.7 Å². The summed E-state index contributed by atoms with van der Waals surface area (Å²) in [6.45, 7) is 2.32. The van der Waals surface area contributed by atoms with Gasteiger partial charge in [-0.25, -0.2) is 0 Å². The first-order valence-corrected chi connectivity index (χ1v) is 6.49. The molecule has 2 aliphatic rings. The van der Waals surface area contributed by atoms with E-state index in [1.165, 1.54) is 0 Å². The number of hydrogen-bond acceptors (Lipinski definition) is 4. The Labute approximate surface area is 111 Å². The van der Waals surface area contributed by atoms with E-state index in [-0.39, 0.29) is 0 Å². The lowest BCUT2D eigenvalue weighted by molar-refractivity contribution is -0.125. The minimum atomic E-state index is -0.473. The van der Waals surface area contributed by atoms with E-state index in [1.807, 2.05) is 0 Å². The Morgan fingerprint density at radius 3 is 2.42 bits per heavy atom. The van der Waals surface area contributed by atoms with Crippen LogP contribution in [0.4, 0.5) is 0 Å². The maximum atomic E-state index is 12.1. The van der Waals surface area contributed by atoms with Crippen LogP contribution in [-0.2, 0) is 4.79 Å². The van der Waals surface area contributed by atoms with Gasteiger partial charge in [0, 0.05) is 18.7 Å². The molecule has 100 valence electrons. The number of amides is 1. The number of carbonyl (C=O) groups is 2. The molecule has 1 amide bonds. The Kier molecular flexibility index (Phi) is 3.11. The van der Waals surface area contributed by atoms with Crippen molar-refractivity contribution < 1.29 is 19.1 Å². The van der Waals surface area contributed by atoms with E-state index in [9.17, 15) is 9.59 Å². The molecule has 5 nitrogen and oxygen atoms in total. The smallest absolute Gasteiger partial charge is 0.294 e. The Bertz CT molecular complexity index is 520. The second-order valence-electron chi connectivity index (χ2n) is 4.69. The van der Waals surface area contributed by atoms with Gasteiger partial charge in [0.15, 0.2) is 11.5 Å². The quantitative estimate of drug-likeness (QED) is 0.594. The molecule has 0 N–H and O–H groups in total. The monoisotopic (exact) mass is 261 g/mol. The van der Waals surface area contributed by atoms with Crippen molar-refractivity contribution in [3.8, 4) is 11.5 Å². The average molecular weight is 261 g/mol. The fourth-order valence-corrected chi connectivity index (χ4v) is 2.37. The van der Waals surface area contributed by atoms with Crippen molar-refractivity contribution in [2.75, 3.05) is 26.3 Å². The Hall–Kier alpha value is -2.04. The third kappa shape index (κ3) is 2.28. The molecular weight excluding hydrogens is 246 g/mol. The van der Waals surface area contributed by atoms with E-state index in [0.29, 0.717) is 43.4 Å². The van der Waals surface area contributed by atoms with Gasteiger partial charge in [0.1, 0.15) is 13.2 Å². The SMILES string of the molecule is O=C(C(=O)N1CCCC1)c1ccc2c(c1)OCCO2. The molecule has 0 aliphatic carbocycles. The molecule has 1 saturated heterocycles. The van der Waals surface area contributed by atoms with Gasteiger partial charge in [0.05, 0.1) is 0 Å². The number of nitrogens with zero attached hydrogens (tertiary/aromatic N) is 1. The molecule has 0 atom stereocenters. The van der Waals surface area contributed by atoms with Crippen molar-refractivity contribution in [1.82, 2.24) is 4.90 Å². The van der Waals surface area contributed by atoms with Gasteiger partial charge in [-0.3, -0.25) is 9.59 Å². The zero-order valence-corrected chi connectivity index (χ0v) is 10.6. The molecule has 0 bridgehead atoms. The fourth-order valence-electron chi connectivity index (χ4n) is 2.37. The summed E-state index contributed by atoms with van der Waals surface area (Å²) < 4.78 is 10.8. The van der Waals surface area contributed by atoms with Crippen LogP contribution in [0.25, 0.3) is 0 Å². The number of hydrogen-bond donors (Lipinski definition) is 0. The first-order valence-electron chi connectivity index (χ1n) is 6.49. The number of benzene rings is 1. The Morgan fingerprint density at radius 1 is 1.00 bits per heavy atom. The Balaban J connectivity index is 1.81. The molecular formula is C14H15NO4. The highest BCUT2D eigenvalue weighted by Crippen LogP contribution is 2.31. The standard InChI is InChI=1S/C14H15NO4/c16-13(14(17)15-5-1-2-6-15)10-3-4-11-12(9-10)19-8-7-18-11/h3-4,9H,1-2,5-8H2. The van der Waals surface area contributed by atoms with Crippen LogP contribution < -0.4 is 9.47 Å². The second-order valence-corrected chi connectivity index (χ2v) is 4.69. The van der Waals surface area contributed by atoms with E-state index >= 15 is 0 Å². The molecule has 1 fully saturated rings. The van der Waals surface area contributed by atoms with Crippen LogP contribution >= 0.6 is 0 Å². The maximum absolute atomic E-state index is 12.1. The molecule has 3 rings (SSSR count). The van der Waals surface area contributed by atoms with Crippen molar-refractivity contribution in [2.45, 2.75) is 12.8 Å². The highest BCUT2D eigenvalue weighted by molar-refractivity contribution is 6.42. The molecule has 0 saturated carbocycles. The van der Waals surface area contributed by atoms with Crippen LogP contribution in [-0.4, -0.2) is 42.9 Å². The molecule has 0 spiro atoms. The molecule has 1 aromatic carbocycles. The summed E-state index contributed by atoms with van der Waals surface area (Å²) in [6.07, 6.45) is 1.94. The number of carbonyl (C=O) groups excluding carboxylic acids is 2. The van der Waals surface area contributed by atoms with Gasteiger partial charge in [-0.05, 0) is 31.0 Å². The fraction of sp³-hybridized carbons (Fsp3) is 0.429. The number of Topliss-reactive ketones (excluding diaryl/α,β-unsaturated/α-hetero) is 1. The molecule has 0 aromatic heterocycles. The van der Waals surface area contributed by atoms with Gasteiger partial charge in [-0.2, -0.15) is 0 Å². The average Bonchev–Trinajstić information content (AvgIpc) is 2.99. The van der Waals surface area contributed by atoms with Crippen molar-refractivity contribution in [3.05, 3.63) is 23.8 Å². The summed E-state index contributed by atoms with van der Waals surface area (Å²) in [5.74, 6) is 0.260. The Morgan fingerprint density at radius 2 is 1.68 bits per heavy atom. The first kappa shape index (κ1) is 12.0. The van der Waals surface area contributed by atoms with Crippen LogP contribution in [0.15, 0.2) is 18.2 Å². The van der Waals surface area contributed by atoms with Gasteiger partial charge in [0.2, 0.25) is 0 Å². The zero-order valence-electron chi connectivity index (χ0n) is 10.6. The van der Waals surface area contributed by atoms with Gasteiger partial charge >= 0.3 is 0 Å². The lowest BCUT2D eigenvalue weighted by Crippen LogP contribution is -2.34. The summed E-state index contributed by atoms with van der Waals surface area (Å²) >= 11 is 0. The normalized spacial score (nSPS) is 17.4. The van der Waals surface area contributed by atoms with E-state index in [0.717, 1.165) is 12.8 Å². The maximum Gasteiger partial charge on any atom is 0.294 e. The lowest BCUT2D eigenvalue weighted by atomic mass is 10.1. The molecule has 0 radical (unpaired) electrons. The van der Waals surface area contributed by atoms with Crippen molar-refractivity contribution in [1.29, 1.82) is 0 Å². The predicted octanol–water partition coefficient (Wildman–Crippen LogP) is 1.26. The number of rotatable bonds is 2. The van der Waals surface area contributed by atoms with Crippen LogP contribution in [0.1, 0.15) is 23.2 Å². The van der Waals surface area contributed by atoms with Crippen LogP contribution in [0.2, 0.25) is 0 Å². The minimum Gasteiger partial charge on any atom is -0.486 e. The summed E-state index contributed by atoms with van der Waals surface area (Å²) in [6, 6.07) is 4.88. The molecule has 0 unspecified atom stereocenters. The summed E-state index contributed by atoms with van der Waals surface area (Å²) in [5, 5.41) is 0. The third-order valence-electron chi connectivity index (χ3n) is 3.39. The number of ether oxygens (including phenoxy) is 2. The highest BCUT2D eigenvalue weighted by atomic mass is 16.6. The van der Waals surface area contributed by atoms with Gasteiger partial charge in [-0.15, -0.1) is 0 Å². The largest absolute Gasteiger partial charge is 0.486 e. The zero-order chi connectivity index (χ0) is 13.2. The van der Waals surface area contributed by atoms with Crippen LogP contribution in [0, 0.1) is 0 Å². The van der Waals surface area contributed by atoms with E-state index in [4.69, 9.17) is 9.47 Å². The second kappa shape index (κ2) is 4.91. The predicted molar refractivity (Wildman–Crippen MR) is 67.6 cm³/mol. The van der Waals surface area contributed by atoms with Crippen molar-refractivity contribution in [3.63, 3.8) is 0 Å². The summed E-state index contributed by atoms with van der Waals surface area (Å²) in [4.78, 5) is 25.8. The van der Waals surface area contributed by atoms with Gasteiger partial charge in [-0.1, -0.05) is 0 Å². The lowest BCUT2D eigenvalue weighted by Gasteiger charge is -2.19. The molecule has 2 heterocycles. The number of fused-ring (bicyclic) bond motifs is 1. The first-order chi connectivity index (χ1) is 9.25.